The molecule has 0 aliphatic carbocycles. The zero-order valence-corrected chi connectivity index (χ0v) is 11.1. The molecule has 1 atom stereocenters. The zero-order valence-electron chi connectivity index (χ0n) is 11.1. The summed E-state index contributed by atoms with van der Waals surface area (Å²) in [5, 5.41) is 11.2. The molecule has 0 fully saturated rings. The van der Waals surface area contributed by atoms with Crippen LogP contribution in [0.5, 0.6) is 0 Å². The average molecular weight is 267 g/mol. The molecular formula is C14H18FNO3. The lowest BCUT2D eigenvalue weighted by atomic mass is 10.0. The highest BCUT2D eigenvalue weighted by molar-refractivity contribution is 5.95. The molecule has 19 heavy (non-hydrogen) atoms. The van der Waals surface area contributed by atoms with Gasteiger partial charge in [-0.1, -0.05) is 13.0 Å². The maximum Gasteiger partial charge on any atom is 0.303 e. The highest BCUT2D eigenvalue weighted by Gasteiger charge is 2.12. The van der Waals surface area contributed by atoms with E-state index in [1.54, 1.807) is 13.0 Å². The van der Waals surface area contributed by atoms with E-state index in [1.807, 2.05) is 6.92 Å². The van der Waals surface area contributed by atoms with Crippen LogP contribution in [-0.2, 0) is 4.79 Å². The lowest BCUT2D eigenvalue weighted by Crippen LogP contribution is -2.29. The second kappa shape index (κ2) is 6.87. The second-order valence-corrected chi connectivity index (χ2v) is 4.71. The lowest BCUT2D eigenvalue weighted by molar-refractivity contribution is -0.137. The van der Waals surface area contributed by atoms with Crippen molar-refractivity contribution in [2.75, 3.05) is 6.54 Å². The molecule has 0 radical (unpaired) electrons. The van der Waals surface area contributed by atoms with Gasteiger partial charge in [0.25, 0.3) is 5.91 Å². The van der Waals surface area contributed by atoms with Crippen molar-refractivity contribution in [3.05, 3.63) is 35.1 Å². The number of carboxylic acids is 1. The van der Waals surface area contributed by atoms with Crippen molar-refractivity contribution in [1.82, 2.24) is 5.32 Å². The number of halogens is 1. The molecule has 0 saturated heterocycles. The number of amides is 1. The topological polar surface area (TPSA) is 66.4 Å². The summed E-state index contributed by atoms with van der Waals surface area (Å²) in [6.07, 6.45) is 0.577. The van der Waals surface area contributed by atoms with E-state index in [-0.39, 0.29) is 18.2 Å². The Balaban J connectivity index is 2.51. The Morgan fingerprint density at radius 2 is 2.11 bits per heavy atom. The summed E-state index contributed by atoms with van der Waals surface area (Å²) in [5.41, 5.74) is 1.02. The van der Waals surface area contributed by atoms with Gasteiger partial charge in [0, 0.05) is 18.5 Å². The molecule has 2 N–H and O–H groups in total. The van der Waals surface area contributed by atoms with Gasteiger partial charge in [-0.05, 0) is 37.0 Å². The zero-order chi connectivity index (χ0) is 14.4. The van der Waals surface area contributed by atoms with E-state index in [0.29, 0.717) is 24.1 Å². The summed E-state index contributed by atoms with van der Waals surface area (Å²) in [6.45, 7) is 3.98. The minimum absolute atomic E-state index is 0.0638. The Morgan fingerprint density at radius 1 is 1.42 bits per heavy atom. The van der Waals surface area contributed by atoms with Crippen LogP contribution in [0.3, 0.4) is 0 Å². The quantitative estimate of drug-likeness (QED) is 0.831. The molecular weight excluding hydrogens is 249 g/mol. The normalized spacial score (nSPS) is 11.9. The van der Waals surface area contributed by atoms with Crippen molar-refractivity contribution in [1.29, 1.82) is 0 Å². The first-order valence-corrected chi connectivity index (χ1v) is 6.16. The van der Waals surface area contributed by atoms with Crippen LogP contribution in [0.2, 0.25) is 0 Å². The van der Waals surface area contributed by atoms with Crippen molar-refractivity contribution >= 4 is 11.9 Å². The lowest BCUT2D eigenvalue weighted by Gasteiger charge is -2.12. The van der Waals surface area contributed by atoms with Gasteiger partial charge in [-0.25, -0.2) is 4.39 Å². The van der Waals surface area contributed by atoms with Crippen molar-refractivity contribution in [3.8, 4) is 0 Å². The summed E-state index contributed by atoms with van der Waals surface area (Å²) in [4.78, 5) is 22.3. The van der Waals surface area contributed by atoms with Crippen LogP contribution in [-0.4, -0.2) is 23.5 Å². The smallest absolute Gasteiger partial charge is 0.303 e. The first kappa shape index (κ1) is 15.1. The van der Waals surface area contributed by atoms with Gasteiger partial charge < -0.3 is 10.4 Å². The fraction of sp³-hybridized carbons (Fsp3) is 0.429. The average Bonchev–Trinajstić information content (AvgIpc) is 2.36. The van der Waals surface area contributed by atoms with Crippen LogP contribution in [0.15, 0.2) is 18.2 Å². The van der Waals surface area contributed by atoms with Crippen LogP contribution in [0.4, 0.5) is 4.39 Å². The molecule has 0 bridgehead atoms. The predicted octanol–water partition coefficient (Wildman–Crippen LogP) is 2.36. The number of carbonyl (C=O) groups excluding carboxylic acids is 1. The van der Waals surface area contributed by atoms with Gasteiger partial charge in [-0.3, -0.25) is 9.59 Å². The number of aryl methyl sites for hydroxylation is 1. The van der Waals surface area contributed by atoms with E-state index >= 15 is 0 Å². The van der Waals surface area contributed by atoms with Gasteiger partial charge in [0.1, 0.15) is 5.82 Å². The molecule has 1 aromatic rings. The molecule has 0 saturated carbocycles. The van der Waals surface area contributed by atoms with Crippen molar-refractivity contribution in [3.63, 3.8) is 0 Å². The number of nitrogens with one attached hydrogen (secondary N) is 1. The Hall–Kier alpha value is -1.91. The molecule has 0 aliphatic rings. The maximum absolute atomic E-state index is 13.1. The van der Waals surface area contributed by atoms with E-state index in [9.17, 15) is 14.0 Å². The van der Waals surface area contributed by atoms with Gasteiger partial charge in [0.2, 0.25) is 0 Å². The van der Waals surface area contributed by atoms with Crippen LogP contribution >= 0.6 is 0 Å². The SMILES string of the molecule is Cc1ccc(F)cc1C(=O)NCC(C)CCC(=O)O. The first-order chi connectivity index (χ1) is 8.90. The molecule has 1 unspecified atom stereocenters. The number of benzene rings is 1. The van der Waals surface area contributed by atoms with Crippen LogP contribution in [0.1, 0.15) is 35.7 Å². The van der Waals surface area contributed by atoms with Crippen molar-refractivity contribution < 1.29 is 19.1 Å². The summed E-state index contributed by atoms with van der Waals surface area (Å²) >= 11 is 0. The third-order valence-corrected chi connectivity index (χ3v) is 2.91. The minimum atomic E-state index is -0.848. The molecule has 4 nitrogen and oxygen atoms in total. The predicted molar refractivity (Wildman–Crippen MR) is 69.5 cm³/mol. The van der Waals surface area contributed by atoms with Crippen molar-refractivity contribution in [2.45, 2.75) is 26.7 Å². The molecule has 5 heteroatoms. The van der Waals surface area contributed by atoms with Gasteiger partial charge in [0.15, 0.2) is 0 Å². The number of hydrogen-bond donors (Lipinski definition) is 2. The second-order valence-electron chi connectivity index (χ2n) is 4.71. The van der Waals surface area contributed by atoms with Gasteiger partial charge >= 0.3 is 5.97 Å². The minimum Gasteiger partial charge on any atom is -0.481 e. The van der Waals surface area contributed by atoms with E-state index < -0.39 is 11.8 Å². The largest absolute Gasteiger partial charge is 0.481 e. The van der Waals surface area contributed by atoms with Gasteiger partial charge in [-0.2, -0.15) is 0 Å². The Kier molecular flexibility index (Phi) is 5.48. The fourth-order valence-electron chi connectivity index (χ4n) is 1.67. The highest BCUT2D eigenvalue weighted by Crippen LogP contribution is 2.11. The molecule has 104 valence electrons. The molecule has 1 aromatic carbocycles. The highest BCUT2D eigenvalue weighted by atomic mass is 19.1. The molecule has 1 amide bonds. The number of carboxylic acid groups (broad SMARTS) is 1. The van der Waals surface area contributed by atoms with E-state index in [2.05, 4.69) is 5.32 Å². The Labute approximate surface area is 111 Å². The molecule has 1 rings (SSSR count). The molecule has 0 aromatic heterocycles. The fourth-order valence-corrected chi connectivity index (χ4v) is 1.67. The Bertz CT molecular complexity index is 474. The molecule has 0 spiro atoms. The number of rotatable bonds is 6. The number of hydrogen-bond acceptors (Lipinski definition) is 2. The van der Waals surface area contributed by atoms with Crippen LogP contribution < -0.4 is 5.32 Å². The first-order valence-electron chi connectivity index (χ1n) is 6.16. The van der Waals surface area contributed by atoms with Crippen molar-refractivity contribution in [2.24, 2.45) is 5.92 Å². The maximum atomic E-state index is 13.1. The standard InChI is InChI=1S/C14H18FNO3/c1-9(3-6-13(17)18)8-16-14(19)12-7-11(15)5-4-10(12)2/h4-5,7,9H,3,6,8H2,1-2H3,(H,16,19)(H,17,18). The van der Waals surface area contributed by atoms with E-state index in [1.165, 1.54) is 12.1 Å². The van der Waals surface area contributed by atoms with Crippen LogP contribution in [0.25, 0.3) is 0 Å². The summed E-state index contributed by atoms with van der Waals surface area (Å²) in [6, 6.07) is 4.06. The number of aliphatic carboxylic acids is 1. The molecule has 0 heterocycles. The summed E-state index contributed by atoms with van der Waals surface area (Å²) in [7, 11) is 0. The van der Waals surface area contributed by atoms with E-state index in [0.717, 1.165) is 0 Å². The monoisotopic (exact) mass is 267 g/mol. The third kappa shape index (κ3) is 5.07. The van der Waals surface area contributed by atoms with Gasteiger partial charge in [0.05, 0.1) is 0 Å². The Morgan fingerprint density at radius 3 is 2.74 bits per heavy atom. The summed E-state index contributed by atoms with van der Waals surface area (Å²) in [5.74, 6) is -1.57. The van der Waals surface area contributed by atoms with E-state index in [4.69, 9.17) is 5.11 Å². The van der Waals surface area contributed by atoms with Crippen LogP contribution in [0, 0.1) is 18.7 Å². The number of carbonyl (C=O) groups is 2. The summed E-state index contributed by atoms with van der Waals surface area (Å²) < 4.78 is 13.1. The molecule has 0 aliphatic heterocycles. The third-order valence-electron chi connectivity index (χ3n) is 2.91. The van der Waals surface area contributed by atoms with Gasteiger partial charge in [-0.15, -0.1) is 0 Å².